The molecule has 138 valence electrons. The van der Waals surface area contributed by atoms with Crippen LogP contribution in [0.5, 0.6) is 0 Å². The molecule has 0 aliphatic rings. The summed E-state index contributed by atoms with van der Waals surface area (Å²) in [5, 5.41) is 5.77. The van der Waals surface area contributed by atoms with Crippen LogP contribution >= 0.6 is 0 Å². The summed E-state index contributed by atoms with van der Waals surface area (Å²) >= 11 is 0. The van der Waals surface area contributed by atoms with E-state index in [2.05, 4.69) is 27.8 Å². The lowest BCUT2D eigenvalue weighted by atomic mass is 10.1. The van der Waals surface area contributed by atoms with E-state index in [1.54, 1.807) is 12.1 Å². The van der Waals surface area contributed by atoms with Crippen LogP contribution in [0.4, 0.5) is 20.2 Å². The summed E-state index contributed by atoms with van der Waals surface area (Å²) in [7, 11) is 0. The van der Waals surface area contributed by atoms with Gasteiger partial charge in [0, 0.05) is 30.2 Å². The Balaban J connectivity index is 1.54. The molecule has 1 amide bonds. The number of carbonyl (C=O) groups excluding carboxylic acids is 1. The molecule has 0 unspecified atom stereocenters. The maximum absolute atomic E-state index is 13.2. The van der Waals surface area contributed by atoms with Crippen molar-refractivity contribution in [2.75, 3.05) is 17.2 Å². The summed E-state index contributed by atoms with van der Waals surface area (Å²) in [6.45, 7) is 0.753. The van der Waals surface area contributed by atoms with Gasteiger partial charge in [-0.1, -0.05) is 30.3 Å². The van der Waals surface area contributed by atoms with Crippen LogP contribution < -0.4 is 10.6 Å². The molecule has 0 radical (unpaired) electrons. The minimum atomic E-state index is -1.02. The predicted molar refractivity (Wildman–Crippen MR) is 102 cm³/mol. The fourth-order valence-electron chi connectivity index (χ4n) is 2.60. The Morgan fingerprint density at radius 3 is 2.52 bits per heavy atom. The van der Waals surface area contributed by atoms with Crippen molar-refractivity contribution in [3.05, 3.63) is 89.8 Å². The van der Waals surface area contributed by atoms with Gasteiger partial charge in [-0.2, -0.15) is 0 Å². The van der Waals surface area contributed by atoms with Gasteiger partial charge in [0.05, 0.1) is 0 Å². The number of benzene rings is 2. The minimum Gasteiger partial charge on any atom is -0.385 e. The van der Waals surface area contributed by atoms with Crippen molar-refractivity contribution in [2.45, 2.75) is 12.8 Å². The second kappa shape index (κ2) is 8.89. The number of aryl methyl sites for hydroxylation is 1. The first-order valence-electron chi connectivity index (χ1n) is 8.62. The highest BCUT2D eigenvalue weighted by atomic mass is 19.2. The van der Waals surface area contributed by atoms with Crippen LogP contribution in [0, 0.1) is 11.6 Å². The SMILES string of the molecule is O=C(Nc1ccc(F)c(F)c1)c1cc(NCCCc2ccccc2)ccn1. The van der Waals surface area contributed by atoms with Crippen molar-refractivity contribution < 1.29 is 13.6 Å². The van der Waals surface area contributed by atoms with E-state index in [0.29, 0.717) is 0 Å². The molecule has 3 rings (SSSR count). The zero-order valence-corrected chi connectivity index (χ0v) is 14.6. The van der Waals surface area contributed by atoms with Crippen molar-refractivity contribution in [1.29, 1.82) is 0 Å². The third-order valence-electron chi connectivity index (χ3n) is 3.98. The van der Waals surface area contributed by atoms with Gasteiger partial charge in [-0.3, -0.25) is 9.78 Å². The van der Waals surface area contributed by atoms with E-state index in [0.717, 1.165) is 37.2 Å². The Kier molecular flexibility index (Phi) is 6.10. The normalized spacial score (nSPS) is 10.4. The van der Waals surface area contributed by atoms with Crippen molar-refractivity contribution in [2.24, 2.45) is 0 Å². The molecule has 0 aliphatic heterocycles. The Morgan fingerprint density at radius 1 is 0.926 bits per heavy atom. The minimum absolute atomic E-state index is 0.168. The van der Waals surface area contributed by atoms with Gasteiger partial charge in [-0.25, -0.2) is 8.78 Å². The van der Waals surface area contributed by atoms with Crippen molar-refractivity contribution in [1.82, 2.24) is 4.98 Å². The fraction of sp³-hybridized carbons (Fsp3) is 0.143. The number of rotatable bonds is 7. The van der Waals surface area contributed by atoms with Gasteiger partial charge in [0.25, 0.3) is 5.91 Å². The topological polar surface area (TPSA) is 54.0 Å². The van der Waals surface area contributed by atoms with Gasteiger partial charge in [0.2, 0.25) is 0 Å². The molecule has 0 bridgehead atoms. The largest absolute Gasteiger partial charge is 0.385 e. The summed E-state index contributed by atoms with van der Waals surface area (Å²) in [6.07, 6.45) is 3.44. The lowest BCUT2D eigenvalue weighted by Gasteiger charge is -2.09. The molecule has 0 spiro atoms. The number of amides is 1. The first-order valence-corrected chi connectivity index (χ1v) is 8.62. The lowest BCUT2D eigenvalue weighted by molar-refractivity contribution is 0.102. The summed E-state index contributed by atoms with van der Waals surface area (Å²) < 4.78 is 26.2. The molecule has 1 heterocycles. The van der Waals surface area contributed by atoms with Crippen LogP contribution in [0.3, 0.4) is 0 Å². The number of pyridine rings is 1. The maximum Gasteiger partial charge on any atom is 0.274 e. The highest BCUT2D eigenvalue weighted by molar-refractivity contribution is 6.03. The highest BCUT2D eigenvalue weighted by Gasteiger charge is 2.10. The molecule has 0 fully saturated rings. The molecule has 2 aromatic carbocycles. The number of halogens is 2. The van der Waals surface area contributed by atoms with Gasteiger partial charge < -0.3 is 10.6 Å². The van der Waals surface area contributed by atoms with Crippen LogP contribution in [-0.2, 0) is 6.42 Å². The zero-order valence-electron chi connectivity index (χ0n) is 14.6. The van der Waals surface area contributed by atoms with Gasteiger partial charge in [0.1, 0.15) is 5.69 Å². The third-order valence-corrected chi connectivity index (χ3v) is 3.98. The molecular formula is C21H19F2N3O. The monoisotopic (exact) mass is 367 g/mol. The van der Waals surface area contributed by atoms with E-state index in [1.807, 2.05) is 18.2 Å². The molecule has 6 heteroatoms. The third kappa shape index (κ3) is 5.34. The molecular weight excluding hydrogens is 348 g/mol. The van der Waals surface area contributed by atoms with Crippen LogP contribution in [0.1, 0.15) is 22.5 Å². The highest BCUT2D eigenvalue weighted by Crippen LogP contribution is 2.15. The number of nitrogens with zero attached hydrogens (tertiary/aromatic N) is 1. The molecule has 0 saturated heterocycles. The molecule has 27 heavy (non-hydrogen) atoms. The Bertz CT molecular complexity index is 916. The average Bonchev–Trinajstić information content (AvgIpc) is 2.69. The number of nitrogens with one attached hydrogen (secondary N) is 2. The summed E-state index contributed by atoms with van der Waals surface area (Å²) in [5.41, 5.74) is 2.41. The van der Waals surface area contributed by atoms with Gasteiger partial charge in [-0.05, 0) is 42.7 Å². The van der Waals surface area contributed by atoms with E-state index in [1.165, 1.54) is 17.8 Å². The summed E-state index contributed by atoms with van der Waals surface area (Å²) in [4.78, 5) is 16.3. The quantitative estimate of drug-likeness (QED) is 0.598. The summed E-state index contributed by atoms with van der Waals surface area (Å²) in [5.74, 6) is -2.48. The van der Waals surface area contributed by atoms with E-state index in [-0.39, 0.29) is 11.4 Å². The van der Waals surface area contributed by atoms with Crippen LogP contribution in [0.2, 0.25) is 0 Å². The van der Waals surface area contributed by atoms with Crippen LogP contribution in [-0.4, -0.2) is 17.4 Å². The average molecular weight is 367 g/mol. The van der Waals surface area contributed by atoms with E-state index >= 15 is 0 Å². The molecule has 2 N–H and O–H groups in total. The van der Waals surface area contributed by atoms with Crippen molar-refractivity contribution >= 4 is 17.3 Å². The zero-order chi connectivity index (χ0) is 19.1. The summed E-state index contributed by atoms with van der Waals surface area (Å²) in [6, 6.07) is 16.8. The van der Waals surface area contributed by atoms with Crippen molar-refractivity contribution in [3.63, 3.8) is 0 Å². The van der Waals surface area contributed by atoms with E-state index < -0.39 is 17.5 Å². The molecule has 0 atom stereocenters. The van der Waals surface area contributed by atoms with Gasteiger partial charge in [-0.15, -0.1) is 0 Å². The second-order valence-electron chi connectivity index (χ2n) is 6.03. The number of aromatic nitrogens is 1. The van der Waals surface area contributed by atoms with Crippen molar-refractivity contribution in [3.8, 4) is 0 Å². The standard InChI is InChI=1S/C21H19F2N3O/c22-18-9-8-17(13-19(18)23)26-21(27)20-14-16(10-12-25-20)24-11-4-7-15-5-2-1-3-6-15/h1-3,5-6,8-10,12-14H,4,7,11H2,(H,24,25)(H,26,27). The Hall–Kier alpha value is -3.28. The van der Waals surface area contributed by atoms with Crippen LogP contribution in [0.15, 0.2) is 66.9 Å². The van der Waals surface area contributed by atoms with E-state index in [4.69, 9.17) is 0 Å². The van der Waals surface area contributed by atoms with E-state index in [9.17, 15) is 13.6 Å². The number of carbonyl (C=O) groups is 1. The predicted octanol–water partition coefficient (Wildman–Crippen LogP) is 4.66. The fourth-order valence-corrected chi connectivity index (χ4v) is 2.60. The lowest BCUT2D eigenvalue weighted by Crippen LogP contribution is -2.14. The number of hydrogen-bond donors (Lipinski definition) is 2. The smallest absolute Gasteiger partial charge is 0.274 e. The molecule has 0 saturated carbocycles. The Labute approximate surface area is 156 Å². The number of anilines is 2. The first-order chi connectivity index (χ1) is 13.1. The van der Waals surface area contributed by atoms with Gasteiger partial charge >= 0.3 is 0 Å². The molecule has 3 aromatic rings. The maximum atomic E-state index is 13.2. The van der Waals surface area contributed by atoms with Gasteiger partial charge in [0.15, 0.2) is 11.6 Å². The second-order valence-corrected chi connectivity index (χ2v) is 6.03. The van der Waals surface area contributed by atoms with Crippen LogP contribution in [0.25, 0.3) is 0 Å². The number of hydrogen-bond acceptors (Lipinski definition) is 3. The Morgan fingerprint density at radius 2 is 1.74 bits per heavy atom. The molecule has 0 aliphatic carbocycles. The first kappa shape index (κ1) is 18.5. The molecule has 1 aromatic heterocycles. The molecule has 4 nitrogen and oxygen atoms in total.